The highest BCUT2D eigenvalue weighted by Crippen LogP contribution is 2.57. The maximum Gasteiger partial charge on any atom is 0.313 e. The Kier molecular flexibility index (Phi) is 6.96. The molecule has 33 heavy (non-hydrogen) atoms. The van der Waals surface area contributed by atoms with Crippen molar-refractivity contribution < 1.29 is 29.0 Å². The third-order valence-electron chi connectivity index (χ3n) is 7.44. The molecule has 0 saturated carbocycles. The largest absolute Gasteiger partial charge is 0.465 e. The second kappa shape index (κ2) is 9.58. The lowest BCUT2D eigenvalue weighted by molar-refractivity contribution is -0.160. The molecule has 0 aliphatic carbocycles. The average Bonchev–Trinajstić information content (AvgIpc) is 3.09. The highest BCUT2D eigenvalue weighted by molar-refractivity contribution is 5.99. The zero-order valence-electron chi connectivity index (χ0n) is 19.7. The molecule has 182 valence electrons. The van der Waals surface area contributed by atoms with Gasteiger partial charge in [0.1, 0.15) is 17.6 Å². The van der Waals surface area contributed by atoms with Gasteiger partial charge in [-0.15, -0.1) is 0 Å². The van der Waals surface area contributed by atoms with Crippen molar-refractivity contribution in [2.75, 3.05) is 32.8 Å². The fraction of sp³-hybridized carbons (Fsp3) is 0.720. The van der Waals surface area contributed by atoms with E-state index >= 15 is 0 Å². The van der Waals surface area contributed by atoms with Gasteiger partial charge in [-0.3, -0.25) is 14.4 Å². The third-order valence-corrected chi connectivity index (χ3v) is 7.44. The molecule has 0 aromatic carbocycles. The van der Waals surface area contributed by atoms with E-state index in [4.69, 9.17) is 9.47 Å². The van der Waals surface area contributed by atoms with Crippen LogP contribution in [0.4, 0.5) is 0 Å². The minimum atomic E-state index is -1.22. The number of hydrogen-bond donors (Lipinski definition) is 1. The topological polar surface area (TPSA) is 96.4 Å². The van der Waals surface area contributed by atoms with Crippen LogP contribution in [0.3, 0.4) is 0 Å². The quantitative estimate of drug-likeness (QED) is 0.337. The van der Waals surface area contributed by atoms with Gasteiger partial charge in [0.2, 0.25) is 11.8 Å². The first-order chi connectivity index (χ1) is 15.9. The Balaban J connectivity index is 1.76. The van der Waals surface area contributed by atoms with Crippen LogP contribution in [0.5, 0.6) is 0 Å². The van der Waals surface area contributed by atoms with E-state index in [1.165, 1.54) is 0 Å². The van der Waals surface area contributed by atoms with Gasteiger partial charge in [-0.05, 0) is 32.6 Å². The molecule has 2 amide bonds. The van der Waals surface area contributed by atoms with E-state index in [2.05, 4.69) is 6.92 Å². The zero-order chi connectivity index (χ0) is 23.6. The van der Waals surface area contributed by atoms with Crippen LogP contribution in [-0.2, 0) is 23.9 Å². The molecule has 8 heteroatoms. The number of likely N-dealkylation sites (tertiary alicyclic amines) is 1. The zero-order valence-corrected chi connectivity index (χ0v) is 19.7. The summed E-state index contributed by atoms with van der Waals surface area (Å²) in [5, 5.41) is 9.26. The van der Waals surface area contributed by atoms with Crippen molar-refractivity contribution in [3.63, 3.8) is 0 Å². The summed E-state index contributed by atoms with van der Waals surface area (Å²) >= 11 is 0. The summed E-state index contributed by atoms with van der Waals surface area (Å²) in [4.78, 5) is 44.3. The number of carbonyl (C=O) groups is 3. The molecule has 1 unspecified atom stereocenters. The molecule has 4 rings (SSSR count). The Morgan fingerprint density at radius 1 is 1.03 bits per heavy atom. The minimum Gasteiger partial charge on any atom is -0.465 e. The second-order valence-electron chi connectivity index (χ2n) is 9.71. The van der Waals surface area contributed by atoms with Crippen LogP contribution >= 0.6 is 0 Å². The molecule has 8 nitrogen and oxygen atoms in total. The van der Waals surface area contributed by atoms with Crippen molar-refractivity contribution in [1.82, 2.24) is 9.80 Å². The van der Waals surface area contributed by atoms with Gasteiger partial charge in [0.05, 0.1) is 18.1 Å². The average molecular weight is 461 g/mol. The van der Waals surface area contributed by atoms with Gasteiger partial charge in [0, 0.05) is 26.2 Å². The first-order valence-electron chi connectivity index (χ1n) is 12.3. The van der Waals surface area contributed by atoms with Crippen LogP contribution in [0.25, 0.3) is 0 Å². The molecule has 4 aliphatic heterocycles. The van der Waals surface area contributed by atoms with Gasteiger partial charge in [-0.1, -0.05) is 44.1 Å². The lowest BCUT2D eigenvalue weighted by Gasteiger charge is -2.37. The third kappa shape index (κ3) is 4.01. The molecular formula is C25H36N2O6. The van der Waals surface area contributed by atoms with Crippen LogP contribution in [0.15, 0.2) is 24.3 Å². The minimum absolute atomic E-state index is 0.0204. The number of unbranched alkanes of at least 4 members (excludes halogenated alkanes) is 3. The van der Waals surface area contributed by atoms with Crippen LogP contribution < -0.4 is 0 Å². The standard InChI is InChI=1S/C25H36N2O6/c1-3-4-6-13-26-14-10-12-25-18(19-23(31)32-17-9-5-11-24(19,2)33-25)21(29)27(15-7-8-16-28)20(25)22(26)30/h5,10-12,18-20,28H,3-4,6-9,13-17H2,1-2H3/t18-,19+,20?,24-,25-/m0/s1. The molecule has 5 atom stereocenters. The van der Waals surface area contributed by atoms with Crippen LogP contribution in [-0.4, -0.2) is 82.8 Å². The van der Waals surface area contributed by atoms with E-state index in [0.717, 1.165) is 19.3 Å². The molecule has 1 spiro atoms. The highest BCUT2D eigenvalue weighted by Gasteiger charge is 2.74. The van der Waals surface area contributed by atoms with Gasteiger partial charge < -0.3 is 24.4 Å². The second-order valence-corrected chi connectivity index (χ2v) is 9.71. The number of esters is 1. The normalized spacial score (nSPS) is 35.6. The number of amides is 2. The van der Waals surface area contributed by atoms with Crippen LogP contribution in [0, 0.1) is 11.8 Å². The lowest BCUT2D eigenvalue weighted by Crippen LogP contribution is -2.56. The van der Waals surface area contributed by atoms with Gasteiger partial charge in [0.25, 0.3) is 0 Å². The van der Waals surface area contributed by atoms with Crippen molar-refractivity contribution in [3.8, 4) is 0 Å². The molecular weight excluding hydrogens is 424 g/mol. The van der Waals surface area contributed by atoms with E-state index in [1.54, 1.807) is 9.80 Å². The molecule has 2 saturated heterocycles. The first-order valence-corrected chi connectivity index (χ1v) is 12.3. The van der Waals surface area contributed by atoms with E-state index in [9.17, 15) is 19.5 Å². The fourth-order valence-electron chi connectivity index (χ4n) is 5.92. The van der Waals surface area contributed by atoms with E-state index in [0.29, 0.717) is 38.9 Å². The summed E-state index contributed by atoms with van der Waals surface area (Å²) < 4.78 is 12.2. The predicted molar refractivity (Wildman–Crippen MR) is 121 cm³/mol. The number of rotatable bonds is 8. The van der Waals surface area contributed by atoms with Gasteiger partial charge in [0.15, 0.2) is 0 Å². The molecule has 1 N–H and O–H groups in total. The first kappa shape index (κ1) is 24.0. The number of aliphatic hydroxyl groups is 1. The number of ether oxygens (including phenoxy) is 2. The Morgan fingerprint density at radius 2 is 1.82 bits per heavy atom. The highest BCUT2D eigenvalue weighted by atomic mass is 16.6. The smallest absolute Gasteiger partial charge is 0.313 e. The Bertz CT molecular complexity index is 841. The molecule has 0 bridgehead atoms. The Morgan fingerprint density at radius 3 is 2.58 bits per heavy atom. The van der Waals surface area contributed by atoms with Crippen molar-refractivity contribution in [2.24, 2.45) is 11.8 Å². The number of nitrogens with zero attached hydrogens (tertiary/aromatic N) is 2. The number of hydrogen-bond acceptors (Lipinski definition) is 6. The van der Waals surface area contributed by atoms with Crippen molar-refractivity contribution in [2.45, 2.75) is 69.6 Å². The van der Waals surface area contributed by atoms with E-state index in [1.807, 2.05) is 31.2 Å². The summed E-state index contributed by atoms with van der Waals surface area (Å²) in [6.45, 7) is 5.63. The fourth-order valence-corrected chi connectivity index (χ4v) is 5.92. The summed E-state index contributed by atoms with van der Waals surface area (Å²) in [5.74, 6) is -2.47. The molecule has 4 heterocycles. The number of cyclic esters (lactones) is 1. The summed E-state index contributed by atoms with van der Waals surface area (Å²) in [6, 6.07) is -0.833. The van der Waals surface area contributed by atoms with Crippen LogP contribution in [0.2, 0.25) is 0 Å². The van der Waals surface area contributed by atoms with Gasteiger partial charge in [-0.25, -0.2) is 0 Å². The van der Waals surface area contributed by atoms with Crippen molar-refractivity contribution in [1.29, 1.82) is 0 Å². The Labute approximate surface area is 195 Å². The monoisotopic (exact) mass is 460 g/mol. The molecule has 0 aromatic heterocycles. The molecule has 0 radical (unpaired) electrons. The van der Waals surface area contributed by atoms with Crippen molar-refractivity contribution in [3.05, 3.63) is 24.3 Å². The van der Waals surface area contributed by atoms with E-state index in [-0.39, 0.29) is 25.0 Å². The predicted octanol–water partition coefficient (Wildman–Crippen LogP) is 1.82. The number of carbonyl (C=O) groups excluding carboxylic acids is 3. The maximum absolute atomic E-state index is 13.9. The maximum atomic E-state index is 13.9. The molecule has 0 aromatic rings. The van der Waals surface area contributed by atoms with E-state index < -0.39 is 35.0 Å². The lowest BCUT2D eigenvalue weighted by atomic mass is 9.74. The molecule has 4 aliphatic rings. The summed E-state index contributed by atoms with van der Waals surface area (Å²) in [5.41, 5.74) is -2.25. The SMILES string of the molecule is CCCCCN1CC=C[C@]23O[C@@]4(C)C=CCCOC(=O)[C@H]4[C@H]2C(=O)N(CCCCO)C3C1=O. The molecule has 2 fully saturated rings. The summed E-state index contributed by atoms with van der Waals surface area (Å²) in [6.07, 6.45) is 12.2. The Hall–Kier alpha value is -2.19. The van der Waals surface area contributed by atoms with Crippen molar-refractivity contribution >= 4 is 17.8 Å². The summed E-state index contributed by atoms with van der Waals surface area (Å²) in [7, 11) is 0. The number of fused-ring (bicyclic) bond motifs is 2. The van der Waals surface area contributed by atoms with Crippen LogP contribution in [0.1, 0.15) is 52.4 Å². The van der Waals surface area contributed by atoms with Gasteiger partial charge in [-0.2, -0.15) is 0 Å². The number of aliphatic hydroxyl groups excluding tert-OH is 1. The van der Waals surface area contributed by atoms with Gasteiger partial charge >= 0.3 is 5.97 Å².